The first-order valence-corrected chi connectivity index (χ1v) is 12.0. The van der Waals surface area contributed by atoms with Crippen LogP contribution in [0, 0.1) is 0 Å². The zero-order valence-corrected chi connectivity index (χ0v) is 19.2. The summed E-state index contributed by atoms with van der Waals surface area (Å²) in [4.78, 5) is 12.4. The van der Waals surface area contributed by atoms with E-state index in [-0.39, 0.29) is 24.0 Å². The minimum absolute atomic E-state index is 0.00900. The summed E-state index contributed by atoms with van der Waals surface area (Å²) in [6.07, 6.45) is 0.149. The zero-order chi connectivity index (χ0) is 23.1. The molecule has 0 bridgehead atoms. The number of methoxy groups -OCH3 is 1. The van der Waals surface area contributed by atoms with Crippen molar-refractivity contribution < 1.29 is 23.5 Å². The maximum atomic E-state index is 12.8. The van der Waals surface area contributed by atoms with Gasteiger partial charge in [-0.3, -0.25) is 9.36 Å². The predicted molar refractivity (Wildman–Crippen MR) is 122 cm³/mol. The standard InChI is InChI=1S/C23H27N2O6P/c1-4-30-32(28,31-5-2)16-18-8-6-7-17(13-18)15-25-23(27)12-10-20(24-25)19-9-11-22(29-3)21(26)14-19/h6-14,26H,4-5,15-16H2,1-3H3. The molecule has 0 saturated carbocycles. The molecule has 1 N–H and O–H groups in total. The van der Waals surface area contributed by atoms with Crippen LogP contribution in [0.15, 0.2) is 59.4 Å². The molecular formula is C23H27N2O6P. The lowest BCUT2D eigenvalue weighted by Gasteiger charge is -2.17. The molecule has 3 aromatic rings. The van der Waals surface area contributed by atoms with Gasteiger partial charge in [-0.1, -0.05) is 24.3 Å². The van der Waals surface area contributed by atoms with E-state index in [1.807, 2.05) is 24.3 Å². The van der Waals surface area contributed by atoms with Crippen molar-refractivity contribution in [2.24, 2.45) is 0 Å². The van der Waals surface area contributed by atoms with Crippen molar-refractivity contribution in [1.29, 1.82) is 0 Å². The van der Waals surface area contributed by atoms with Gasteiger partial charge in [0.15, 0.2) is 11.5 Å². The Kier molecular flexibility index (Phi) is 7.85. The number of ether oxygens (including phenoxy) is 1. The predicted octanol–water partition coefficient (Wildman–Crippen LogP) is 4.44. The average Bonchev–Trinajstić information content (AvgIpc) is 2.75. The van der Waals surface area contributed by atoms with Crippen LogP contribution in [0.4, 0.5) is 0 Å². The molecule has 0 unspecified atom stereocenters. The third-order valence-electron chi connectivity index (χ3n) is 4.69. The van der Waals surface area contributed by atoms with Crippen molar-refractivity contribution in [3.63, 3.8) is 0 Å². The molecule has 3 rings (SSSR count). The van der Waals surface area contributed by atoms with E-state index in [9.17, 15) is 14.5 Å². The molecular weight excluding hydrogens is 431 g/mol. The fourth-order valence-electron chi connectivity index (χ4n) is 3.31. The Balaban J connectivity index is 1.85. The van der Waals surface area contributed by atoms with Gasteiger partial charge >= 0.3 is 7.60 Å². The van der Waals surface area contributed by atoms with Gasteiger partial charge in [0.2, 0.25) is 0 Å². The van der Waals surface area contributed by atoms with E-state index < -0.39 is 7.60 Å². The smallest absolute Gasteiger partial charge is 0.335 e. The highest BCUT2D eigenvalue weighted by Gasteiger charge is 2.24. The van der Waals surface area contributed by atoms with Crippen LogP contribution in [0.3, 0.4) is 0 Å². The topological polar surface area (TPSA) is 99.9 Å². The molecule has 1 aromatic heterocycles. The lowest BCUT2D eigenvalue weighted by atomic mass is 10.1. The highest BCUT2D eigenvalue weighted by molar-refractivity contribution is 7.53. The van der Waals surface area contributed by atoms with Crippen LogP contribution >= 0.6 is 7.60 Å². The van der Waals surface area contributed by atoms with Gasteiger partial charge in [-0.15, -0.1) is 0 Å². The quantitative estimate of drug-likeness (QED) is 0.449. The van der Waals surface area contributed by atoms with E-state index in [2.05, 4.69) is 5.10 Å². The van der Waals surface area contributed by atoms with Crippen LogP contribution in [0.5, 0.6) is 11.5 Å². The second-order valence-electron chi connectivity index (χ2n) is 7.03. The van der Waals surface area contributed by atoms with E-state index in [1.165, 1.54) is 23.9 Å². The third kappa shape index (κ3) is 5.85. The van der Waals surface area contributed by atoms with Gasteiger partial charge in [0.05, 0.1) is 38.7 Å². The molecule has 0 fully saturated rings. The minimum atomic E-state index is -3.23. The normalized spacial score (nSPS) is 11.5. The van der Waals surface area contributed by atoms with Gasteiger partial charge < -0.3 is 18.9 Å². The summed E-state index contributed by atoms with van der Waals surface area (Å²) in [5, 5.41) is 14.5. The maximum absolute atomic E-state index is 12.8. The average molecular weight is 458 g/mol. The Labute approximate surface area is 186 Å². The molecule has 0 aliphatic rings. The molecule has 0 saturated heterocycles. The Bertz CT molecular complexity index is 1170. The second-order valence-corrected chi connectivity index (χ2v) is 9.08. The largest absolute Gasteiger partial charge is 0.504 e. The number of aromatic nitrogens is 2. The van der Waals surface area contributed by atoms with Gasteiger partial charge in [0, 0.05) is 11.6 Å². The highest BCUT2D eigenvalue weighted by Crippen LogP contribution is 2.51. The first-order valence-electron chi connectivity index (χ1n) is 10.3. The Morgan fingerprint density at radius 3 is 2.38 bits per heavy atom. The number of nitrogens with zero attached hydrogens (tertiary/aromatic N) is 2. The number of phenols is 1. The molecule has 170 valence electrons. The maximum Gasteiger partial charge on any atom is 0.335 e. The first kappa shape index (κ1) is 23.7. The van der Waals surface area contributed by atoms with Crippen molar-refractivity contribution in [2.45, 2.75) is 26.6 Å². The third-order valence-corrected chi connectivity index (χ3v) is 6.75. The van der Waals surface area contributed by atoms with Crippen LogP contribution < -0.4 is 10.3 Å². The highest BCUT2D eigenvalue weighted by atomic mass is 31.2. The number of hydrogen-bond donors (Lipinski definition) is 1. The summed E-state index contributed by atoms with van der Waals surface area (Å²) in [6, 6.07) is 15.4. The molecule has 9 heteroatoms. The molecule has 1 heterocycles. The fourth-order valence-corrected chi connectivity index (χ4v) is 5.00. The van der Waals surface area contributed by atoms with Gasteiger partial charge in [0.25, 0.3) is 5.56 Å². The lowest BCUT2D eigenvalue weighted by molar-refractivity contribution is 0.219. The number of phenolic OH excluding ortho intramolecular Hbond substituents is 1. The molecule has 32 heavy (non-hydrogen) atoms. The van der Waals surface area contributed by atoms with E-state index in [1.54, 1.807) is 32.0 Å². The summed E-state index contributed by atoms with van der Waals surface area (Å²) in [7, 11) is -1.76. The number of benzene rings is 2. The molecule has 0 aliphatic carbocycles. The molecule has 0 atom stereocenters. The van der Waals surface area contributed by atoms with Crippen LogP contribution in [0.1, 0.15) is 25.0 Å². The van der Waals surface area contributed by atoms with Crippen LogP contribution in [-0.2, 0) is 26.3 Å². The Morgan fingerprint density at radius 2 is 1.72 bits per heavy atom. The fraction of sp³-hybridized carbons (Fsp3) is 0.304. The number of aromatic hydroxyl groups is 1. The van der Waals surface area contributed by atoms with Crippen LogP contribution in [0.25, 0.3) is 11.3 Å². The zero-order valence-electron chi connectivity index (χ0n) is 18.4. The number of rotatable bonds is 10. The second kappa shape index (κ2) is 10.6. The van der Waals surface area contributed by atoms with Gasteiger partial charge in [-0.2, -0.15) is 5.10 Å². The molecule has 8 nitrogen and oxygen atoms in total. The van der Waals surface area contributed by atoms with Crippen LogP contribution in [0.2, 0.25) is 0 Å². The van der Waals surface area contributed by atoms with Crippen molar-refractivity contribution in [3.8, 4) is 22.8 Å². The van der Waals surface area contributed by atoms with E-state index in [0.29, 0.717) is 30.2 Å². The molecule has 2 aromatic carbocycles. The Hall–Kier alpha value is -2.93. The van der Waals surface area contributed by atoms with E-state index in [4.69, 9.17) is 13.8 Å². The van der Waals surface area contributed by atoms with Crippen molar-refractivity contribution in [3.05, 3.63) is 76.1 Å². The van der Waals surface area contributed by atoms with E-state index >= 15 is 0 Å². The van der Waals surface area contributed by atoms with Gasteiger partial charge in [-0.05, 0) is 49.2 Å². The summed E-state index contributed by atoms with van der Waals surface area (Å²) < 4.78 is 30.0. The molecule has 0 aliphatic heterocycles. The van der Waals surface area contributed by atoms with Gasteiger partial charge in [0.1, 0.15) is 0 Å². The van der Waals surface area contributed by atoms with Crippen LogP contribution in [-0.4, -0.2) is 35.2 Å². The Morgan fingerprint density at radius 1 is 1.00 bits per heavy atom. The summed E-state index contributed by atoms with van der Waals surface area (Å²) in [6.45, 7) is 4.37. The van der Waals surface area contributed by atoms with Gasteiger partial charge in [-0.25, -0.2) is 4.68 Å². The monoisotopic (exact) mass is 458 g/mol. The molecule has 0 radical (unpaired) electrons. The van der Waals surface area contributed by atoms with Crippen molar-refractivity contribution in [2.75, 3.05) is 20.3 Å². The van der Waals surface area contributed by atoms with Crippen molar-refractivity contribution >= 4 is 7.60 Å². The summed E-state index contributed by atoms with van der Waals surface area (Å²) >= 11 is 0. The minimum Gasteiger partial charge on any atom is -0.504 e. The van der Waals surface area contributed by atoms with Crippen molar-refractivity contribution in [1.82, 2.24) is 9.78 Å². The SMILES string of the molecule is CCOP(=O)(Cc1cccc(Cn2nc(-c3ccc(OC)c(O)c3)ccc2=O)c1)OCC. The molecule has 0 spiro atoms. The lowest BCUT2D eigenvalue weighted by Crippen LogP contribution is -2.22. The summed E-state index contributed by atoms with van der Waals surface area (Å²) in [5.74, 6) is 0.348. The summed E-state index contributed by atoms with van der Waals surface area (Å²) in [5.41, 5.74) is 2.55. The molecule has 0 amide bonds. The van der Waals surface area contributed by atoms with E-state index in [0.717, 1.165) is 11.1 Å². The number of hydrogen-bond acceptors (Lipinski definition) is 7. The first-order chi connectivity index (χ1) is 15.4.